The molecule has 0 unspecified atom stereocenters. The van der Waals surface area contributed by atoms with Crippen molar-refractivity contribution in [3.05, 3.63) is 29.8 Å². The van der Waals surface area contributed by atoms with Crippen LogP contribution < -0.4 is 4.18 Å². The summed E-state index contributed by atoms with van der Waals surface area (Å²) in [7, 11) is -5.67. The van der Waals surface area contributed by atoms with E-state index in [1.807, 2.05) is 0 Å². The molecule has 0 aliphatic heterocycles. The van der Waals surface area contributed by atoms with Crippen molar-refractivity contribution in [1.82, 2.24) is 0 Å². The maximum Gasteiger partial charge on any atom is 0.534 e. The zero-order valence-corrected chi connectivity index (χ0v) is 9.30. The lowest BCUT2D eigenvalue weighted by Crippen LogP contribution is -2.28. The predicted molar refractivity (Wildman–Crippen MR) is 52.0 cm³/mol. The first-order chi connectivity index (χ1) is 7.63. The maximum atomic E-state index is 12.0. The standard InChI is InChI=1S/C9H7F3O4S/c1-6(13)7-2-4-8(5-3-7)16-17(14,15)9(10,11)12/h2-5H,1H3. The molecule has 0 aromatic heterocycles. The normalized spacial score (nSPS) is 12.2. The monoisotopic (exact) mass is 268 g/mol. The highest BCUT2D eigenvalue weighted by Gasteiger charge is 2.48. The van der Waals surface area contributed by atoms with E-state index in [0.717, 1.165) is 12.1 Å². The van der Waals surface area contributed by atoms with Crippen LogP contribution in [0.1, 0.15) is 17.3 Å². The summed E-state index contributed by atoms with van der Waals surface area (Å²) < 4.78 is 61.0. The summed E-state index contributed by atoms with van der Waals surface area (Å²) in [5.41, 5.74) is -5.24. The van der Waals surface area contributed by atoms with Crippen molar-refractivity contribution in [3.63, 3.8) is 0 Å². The summed E-state index contributed by atoms with van der Waals surface area (Å²) in [6.07, 6.45) is 0. The molecule has 94 valence electrons. The summed E-state index contributed by atoms with van der Waals surface area (Å²) in [6.45, 7) is 1.27. The van der Waals surface area contributed by atoms with Gasteiger partial charge in [-0.15, -0.1) is 0 Å². The van der Waals surface area contributed by atoms with Crippen molar-refractivity contribution in [1.29, 1.82) is 0 Å². The summed E-state index contributed by atoms with van der Waals surface area (Å²) in [5.74, 6) is -0.803. The Morgan fingerprint density at radius 1 is 1.18 bits per heavy atom. The molecule has 0 atom stereocenters. The maximum absolute atomic E-state index is 12.0. The highest BCUT2D eigenvalue weighted by Crippen LogP contribution is 2.26. The SMILES string of the molecule is CC(=O)c1ccc(OS(=O)(=O)C(F)(F)F)cc1. The number of carbonyl (C=O) groups excluding carboxylic acids is 1. The lowest BCUT2D eigenvalue weighted by atomic mass is 10.1. The van der Waals surface area contributed by atoms with Gasteiger partial charge in [-0.25, -0.2) is 0 Å². The summed E-state index contributed by atoms with van der Waals surface area (Å²) >= 11 is 0. The van der Waals surface area contributed by atoms with Gasteiger partial charge in [0.1, 0.15) is 5.75 Å². The Morgan fingerprint density at radius 3 is 2.00 bits per heavy atom. The van der Waals surface area contributed by atoms with Gasteiger partial charge in [-0.05, 0) is 31.2 Å². The van der Waals surface area contributed by atoms with Gasteiger partial charge in [-0.1, -0.05) is 0 Å². The van der Waals surface area contributed by atoms with Crippen LogP contribution >= 0.6 is 0 Å². The first-order valence-corrected chi connectivity index (χ1v) is 5.66. The zero-order chi connectivity index (χ0) is 13.3. The molecule has 0 saturated carbocycles. The van der Waals surface area contributed by atoms with Crippen LogP contribution in [0.15, 0.2) is 24.3 Å². The lowest BCUT2D eigenvalue weighted by Gasteiger charge is -2.09. The Morgan fingerprint density at radius 2 is 1.65 bits per heavy atom. The second kappa shape index (κ2) is 4.36. The van der Waals surface area contributed by atoms with Gasteiger partial charge in [0.2, 0.25) is 0 Å². The number of halogens is 3. The Balaban J connectivity index is 2.95. The summed E-state index contributed by atoms with van der Waals surface area (Å²) in [5, 5.41) is 0. The van der Waals surface area contributed by atoms with Gasteiger partial charge < -0.3 is 4.18 Å². The Labute approximate surface area is 95.1 Å². The van der Waals surface area contributed by atoms with Gasteiger partial charge in [-0.3, -0.25) is 4.79 Å². The highest BCUT2D eigenvalue weighted by molar-refractivity contribution is 7.87. The molecule has 0 bridgehead atoms. The third-order valence-corrected chi connectivity index (χ3v) is 2.73. The number of hydrogen-bond donors (Lipinski definition) is 0. The van der Waals surface area contributed by atoms with Gasteiger partial charge in [-0.2, -0.15) is 21.6 Å². The second-order valence-electron chi connectivity index (χ2n) is 3.06. The van der Waals surface area contributed by atoms with Crippen molar-refractivity contribution in [2.45, 2.75) is 12.4 Å². The average molecular weight is 268 g/mol. The van der Waals surface area contributed by atoms with Crippen LogP contribution in [-0.2, 0) is 10.1 Å². The van der Waals surface area contributed by atoms with Crippen molar-refractivity contribution < 1.29 is 30.6 Å². The molecule has 0 N–H and O–H groups in total. The first-order valence-electron chi connectivity index (χ1n) is 4.25. The molecule has 0 fully saturated rings. The van der Waals surface area contributed by atoms with E-state index in [-0.39, 0.29) is 11.3 Å². The van der Waals surface area contributed by atoms with Crippen LogP contribution in [0, 0.1) is 0 Å². The molecule has 1 aromatic carbocycles. The number of rotatable bonds is 3. The van der Waals surface area contributed by atoms with Crippen LogP contribution in [0.2, 0.25) is 0 Å². The predicted octanol–water partition coefficient (Wildman–Crippen LogP) is 2.12. The van der Waals surface area contributed by atoms with Gasteiger partial charge in [0.05, 0.1) is 0 Å². The number of ketones is 1. The van der Waals surface area contributed by atoms with Crippen LogP contribution in [-0.4, -0.2) is 19.7 Å². The minimum atomic E-state index is -5.67. The molecule has 0 amide bonds. The fourth-order valence-corrected chi connectivity index (χ4v) is 1.38. The number of alkyl halides is 3. The fraction of sp³-hybridized carbons (Fsp3) is 0.222. The summed E-state index contributed by atoms with van der Waals surface area (Å²) in [4.78, 5) is 10.9. The van der Waals surface area contributed by atoms with Crippen molar-refractivity contribution >= 4 is 15.9 Å². The van der Waals surface area contributed by atoms with E-state index < -0.39 is 21.4 Å². The fourth-order valence-electron chi connectivity index (χ4n) is 0.919. The molecule has 4 nitrogen and oxygen atoms in total. The Kier molecular flexibility index (Phi) is 3.46. The smallest absolute Gasteiger partial charge is 0.376 e. The molecule has 0 heterocycles. The minimum Gasteiger partial charge on any atom is -0.376 e. The van der Waals surface area contributed by atoms with Crippen LogP contribution in [0.25, 0.3) is 0 Å². The number of hydrogen-bond acceptors (Lipinski definition) is 4. The second-order valence-corrected chi connectivity index (χ2v) is 4.60. The van der Waals surface area contributed by atoms with Crippen molar-refractivity contribution in [3.8, 4) is 5.75 Å². The van der Waals surface area contributed by atoms with E-state index in [1.165, 1.54) is 19.1 Å². The van der Waals surface area contributed by atoms with Crippen molar-refractivity contribution in [2.75, 3.05) is 0 Å². The molecule has 0 radical (unpaired) electrons. The molecule has 0 saturated heterocycles. The number of benzene rings is 1. The molecule has 0 spiro atoms. The highest BCUT2D eigenvalue weighted by atomic mass is 32.2. The Bertz CT molecular complexity index is 516. The molecule has 8 heteroatoms. The van der Waals surface area contributed by atoms with Gasteiger partial charge >= 0.3 is 15.6 Å². The van der Waals surface area contributed by atoms with E-state index in [0.29, 0.717) is 0 Å². The molecule has 0 aliphatic rings. The van der Waals surface area contributed by atoms with Crippen LogP contribution in [0.5, 0.6) is 5.75 Å². The van der Waals surface area contributed by atoms with Gasteiger partial charge in [0.25, 0.3) is 0 Å². The third-order valence-electron chi connectivity index (χ3n) is 1.75. The molecule has 1 aromatic rings. The molecule has 0 aliphatic carbocycles. The Hall–Kier alpha value is -1.57. The van der Waals surface area contributed by atoms with E-state index in [2.05, 4.69) is 4.18 Å². The van der Waals surface area contributed by atoms with E-state index in [4.69, 9.17) is 0 Å². The first kappa shape index (κ1) is 13.5. The van der Waals surface area contributed by atoms with E-state index in [1.54, 1.807) is 0 Å². The van der Waals surface area contributed by atoms with Gasteiger partial charge in [0.15, 0.2) is 5.78 Å². The lowest BCUT2D eigenvalue weighted by molar-refractivity contribution is -0.0500. The zero-order valence-electron chi connectivity index (χ0n) is 8.48. The quantitative estimate of drug-likeness (QED) is 0.478. The topological polar surface area (TPSA) is 60.4 Å². The molecule has 17 heavy (non-hydrogen) atoms. The molecular weight excluding hydrogens is 261 g/mol. The molecule has 1 rings (SSSR count). The van der Waals surface area contributed by atoms with E-state index >= 15 is 0 Å². The number of Topliss-reactive ketones (excluding diaryl/α,β-unsaturated/α-hetero) is 1. The van der Waals surface area contributed by atoms with E-state index in [9.17, 15) is 26.4 Å². The minimum absolute atomic E-state index is 0.238. The third kappa shape index (κ3) is 3.19. The largest absolute Gasteiger partial charge is 0.534 e. The van der Waals surface area contributed by atoms with Crippen LogP contribution in [0.4, 0.5) is 13.2 Å². The van der Waals surface area contributed by atoms with Crippen molar-refractivity contribution in [2.24, 2.45) is 0 Å². The molecular formula is C9H7F3O4S. The summed E-state index contributed by atoms with van der Waals surface area (Å²) in [6, 6.07) is 4.28. The van der Waals surface area contributed by atoms with Crippen LogP contribution in [0.3, 0.4) is 0 Å². The average Bonchev–Trinajstić information content (AvgIpc) is 2.16. The van der Waals surface area contributed by atoms with Gasteiger partial charge in [0, 0.05) is 5.56 Å². The number of carbonyl (C=O) groups is 1.